The molecule has 2 fully saturated rings. The molecule has 3 nitrogen and oxygen atoms in total. The van der Waals surface area contributed by atoms with Crippen molar-refractivity contribution in [2.75, 3.05) is 31.6 Å². The maximum Gasteiger partial charge on any atom is 0.234 e. The standard InChI is InChI=1S/C15H20N2O.C2H6/c1-16-10-5-8-15(12-16)9-11-17(14(15)18)13-6-3-2-4-7-13;1-2/h2-4,6-7H,5,8-12H2,1H3;1-2H3. The van der Waals surface area contributed by atoms with E-state index in [0.29, 0.717) is 5.91 Å². The van der Waals surface area contributed by atoms with E-state index < -0.39 is 0 Å². The van der Waals surface area contributed by atoms with Gasteiger partial charge in [0.15, 0.2) is 0 Å². The molecule has 1 spiro atoms. The molecule has 0 saturated carbocycles. The van der Waals surface area contributed by atoms with Crippen LogP contribution in [0, 0.1) is 5.41 Å². The number of rotatable bonds is 1. The molecule has 1 amide bonds. The summed E-state index contributed by atoms with van der Waals surface area (Å²) in [6.07, 6.45) is 3.20. The second-order valence-corrected chi connectivity index (χ2v) is 5.66. The zero-order chi connectivity index (χ0) is 14.6. The molecule has 0 bridgehead atoms. The van der Waals surface area contributed by atoms with Gasteiger partial charge in [0.25, 0.3) is 0 Å². The number of hydrogen-bond donors (Lipinski definition) is 0. The lowest BCUT2D eigenvalue weighted by Gasteiger charge is -2.37. The Bertz CT molecular complexity index is 446. The number of benzene rings is 1. The SMILES string of the molecule is CC.CN1CCCC2(CCN(c3ccccc3)C2=O)C1. The van der Waals surface area contributed by atoms with Crippen LogP contribution in [0.1, 0.15) is 33.1 Å². The van der Waals surface area contributed by atoms with Gasteiger partial charge in [0.1, 0.15) is 0 Å². The van der Waals surface area contributed by atoms with E-state index in [-0.39, 0.29) is 5.41 Å². The Hall–Kier alpha value is -1.35. The third kappa shape index (κ3) is 2.73. The summed E-state index contributed by atoms with van der Waals surface area (Å²) in [7, 11) is 2.12. The van der Waals surface area contributed by atoms with Crippen molar-refractivity contribution < 1.29 is 4.79 Å². The minimum atomic E-state index is -0.108. The molecule has 1 aromatic carbocycles. The number of amides is 1. The van der Waals surface area contributed by atoms with E-state index in [9.17, 15) is 4.79 Å². The van der Waals surface area contributed by atoms with Gasteiger partial charge in [-0.1, -0.05) is 32.0 Å². The predicted molar refractivity (Wildman–Crippen MR) is 83.9 cm³/mol. The quantitative estimate of drug-likeness (QED) is 0.785. The molecule has 1 unspecified atom stereocenters. The van der Waals surface area contributed by atoms with Crippen molar-refractivity contribution in [1.29, 1.82) is 0 Å². The average Bonchev–Trinajstić information content (AvgIpc) is 2.79. The lowest BCUT2D eigenvalue weighted by molar-refractivity contribution is -0.128. The molecular weight excluding hydrogens is 248 g/mol. The second kappa shape index (κ2) is 6.40. The Balaban J connectivity index is 0.000000704. The highest BCUT2D eigenvalue weighted by Crippen LogP contribution is 2.41. The van der Waals surface area contributed by atoms with Gasteiger partial charge < -0.3 is 9.80 Å². The summed E-state index contributed by atoms with van der Waals surface area (Å²) in [6.45, 7) is 6.92. The van der Waals surface area contributed by atoms with Gasteiger partial charge >= 0.3 is 0 Å². The van der Waals surface area contributed by atoms with Crippen LogP contribution in [0.25, 0.3) is 0 Å². The number of carbonyl (C=O) groups excluding carboxylic acids is 1. The topological polar surface area (TPSA) is 23.6 Å². The maximum atomic E-state index is 12.7. The fourth-order valence-electron chi connectivity index (χ4n) is 3.42. The number of para-hydroxylation sites is 1. The first-order valence-corrected chi connectivity index (χ1v) is 7.77. The molecule has 2 aliphatic rings. The van der Waals surface area contributed by atoms with Crippen molar-refractivity contribution in [3.05, 3.63) is 30.3 Å². The first kappa shape index (κ1) is 15.0. The van der Waals surface area contributed by atoms with Crippen LogP contribution < -0.4 is 4.90 Å². The number of piperidine rings is 1. The van der Waals surface area contributed by atoms with Gasteiger partial charge in [0, 0.05) is 18.8 Å². The van der Waals surface area contributed by atoms with Gasteiger partial charge in [-0.05, 0) is 45.0 Å². The van der Waals surface area contributed by atoms with Crippen LogP contribution in [0.2, 0.25) is 0 Å². The number of likely N-dealkylation sites (tertiary alicyclic amines) is 1. The first-order chi connectivity index (χ1) is 9.71. The van der Waals surface area contributed by atoms with E-state index in [4.69, 9.17) is 0 Å². The lowest BCUT2D eigenvalue weighted by atomic mass is 9.78. The van der Waals surface area contributed by atoms with Crippen molar-refractivity contribution in [2.24, 2.45) is 5.41 Å². The van der Waals surface area contributed by atoms with Gasteiger partial charge in [-0.3, -0.25) is 4.79 Å². The van der Waals surface area contributed by atoms with Crippen LogP contribution in [0.3, 0.4) is 0 Å². The predicted octanol–water partition coefficient (Wildman–Crippen LogP) is 3.16. The van der Waals surface area contributed by atoms with Crippen molar-refractivity contribution >= 4 is 11.6 Å². The van der Waals surface area contributed by atoms with Gasteiger partial charge in [0.2, 0.25) is 5.91 Å². The summed E-state index contributed by atoms with van der Waals surface area (Å²) < 4.78 is 0. The Morgan fingerprint density at radius 3 is 2.40 bits per heavy atom. The van der Waals surface area contributed by atoms with Gasteiger partial charge in [0.05, 0.1) is 5.41 Å². The van der Waals surface area contributed by atoms with Crippen LogP contribution in [-0.4, -0.2) is 37.5 Å². The van der Waals surface area contributed by atoms with Crippen molar-refractivity contribution in [1.82, 2.24) is 4.90 Å². The first-order valence-electron chi connectivity index (χ1n) is 7.77. The molecule has 0 aromatic heterocycles. The smallest absolute Gasteiger partial charge is 0.234 e. The Labute approximate surface area is 122 Å². The highest BCUT2D eigenvalue weighted by Gasteiger charge is 2.48. The molecular formula is C17H26N2O. The molecule has 110 valence electrons. The van der Waals surface area contributed by atoms with Crippen molar-refractivity contribution in [3.63, 3.8) is 0 Å². The summed E-state index contributed by atoms with van der Waals surface area (Å²) >= 11 is 0. The molecule has 0 radical (unpaired) electrons. The minimum Gasteiger partial charge on any atom is -0.312 e. The largest absolute Gasteiger partial charge is 0.312 e. The summed E-state index contributed by atoms with van der Waals surface area (Å²) in [4.78, 5) is 17.0. The third-order valence-electron chi connectivity index (χ3n) is 4.35. The van der Waals surface area contributed by atoms with Crippen molar-refractivity contribution in [2.45, 2.75) is 33.1 Å². The van der Waals surface area contributed by atoms with Gasteiger partial charge in [-0.2, -0.15) is 0 Å². The zero-order valence-corrected chi connectivity index (χ0v) is 12.9. The molecule has 3 rings (SSSR count). The molecule has 20 heavy (non-hydrogen) atoms. The average molecular weight is 274 g/mol. The van der Waals surface area contributed by atoms with E-state index in [0.717, 1.165) is 44.6 Å². The lowest BCUT2D eigenvalue weighted by Crippen LogP contribution is -2.46. The summed E-state index contributed by atoms with van der Waals surface area (Å²) in [5, 5.41) is 0. The zero-order valence-electron chi connectivity index (χ0n) is 12.9. The van der Waals surface area contributed by atoms with Crippen LogP contribution >= 0.6 is 0 Å². The molecule has 1 atom stereocenters. The van der Waals surface area contributed by atoms with Crippen LogP contribution in [0.5, 0.6) is 0 Å². The van der Waals surface area contributed by atoms with E-state index >= 15 is 0 Å². The van der Waals surface area contributed by atoms with Gasteiger partial charge in [-0.25, -0.2) is 0 Å². The van der Waals surface area contributed by atoms with Crippen LogP contribution in [0.4, 0.5) is 5.69 Å². The molecule has 3 heteroatoms. The molecule has 2 heterocycles. The number of hydrogen-bond acceptors (Lipinski definition) is 2. The fourth-order valence-corrected chi connectivity index (χ4v) is 3.42. The van der Waals surface area contributed by atoms with Crippen molar-refractivity contribution in [3.8, 4) is 0 Å². The Kier molecular flexibility index (Phi) is 4.81. The normalized spacial score (nSPS) is 26.6. The second-order valence-electron chi connectivity index (χ2n) is 5.66. The molecule has 2 saturated heterocycles. The fraction of sp³-hybridized carbons (Fsp3) is 0.588. The summed E-state index contributed by atoms with van der Waals surface area (Å²) in [6, 6.07) is 10.1. The van der Waals surface area contributed by atoms with E-state index in [1.54, 1.807) is 0 Å². The van der Waals surface area contributed by atoms with E-state index in [2.05, 4.69) is 11.9 Å². The number of nitrogens with zero attached hydrogens (tertiary/aromatic N) is 2. The van der Waals surface area contributed by atoms with Crippen LogP contribution in [0.15, 0.2) is 30.3 Å². The molecule has 0 N–H and O–H groups in total. The van der Waals surface area contributed by atoms with E-state index in [1.165, 1.54) is 0 Å². The number of anilines is 1. The molecule has 1 aromatic rings. The summed E-state index contributed by atoms with van der Waals surface area (Å²) in [5.41, 5.74) is 0.940. The number of carbonyl (C=O) groups is 1. The highest BCUT2D eigenvalue weighted by atomic mass is 16.2. The van der Waals surface area contributed by atoms with Gasteiger partial charge in [-0.15, -0.1) is 0 Å². The maximum absolute atomic E-state index is 12.7. The summed E-state index contributed by atoms with van der Waals surface area (Å²) in [5.74, 6) is 0.334. The van der Waals surface area contributed by atoms with E-state index in [1.807, 2.05) is 49.1 Å². The highest BCUT2D eigenvalue weighted by molar-refractivity contribution is 6.00. The Morgan fingerprint density at radius 2 is 1.75 bits per heavy atom. The molecule has 0 aliphatic carbocycles. The third-order valence-corrected chi connectivity index (χ3v) is 4.35. The Morgan fingerprint density at radius 1 is 1.05 bits per heavy atom. The molecule has 2 aliphatic heterocycles. The minimum absolute atomic E-state index is 0.108. The monoisotopic (exact) mass is 274 g/mol. The van der Waals surface area contributed by atoms with Crippen LogP contribution in [-0.2, 0) is 4.79 Å².